The Balaban J connectivity index is 2.11. The SMILES string of the molecule is Cn1ccnc1COc1ccccc1C#N. The Bertz CT molecular complexity index is 525. The molecule has 80 valence electrons. The Kier molecular flexibility index (Phi) is 2.88. The van der Waals surface area contributed by atoms with Crippen molar-refractivity contribution in [2.45, 2.75) is 6.61 Å². The van der Waals surface area contributed by atoms with Crippen molar-refractivity contribution in [2.75, 3.05) is 0 Å². The quantitative estimate of drug-likeness (QED) is 0.782. The predicted octanol–water partition coefficient (Wildman–Crippen LogP) is 1.87. The van der Waals surface area contributed by atoms with Crippen molar-refractivity contribution in [2.24, 2.45) is 7.05 Å². The van der Waals surface area contributed by atoms with Crippen molar-refractivity contribution in [3.63, 3.8) is 0 Å². The molecule has 0 N–H and O–H groups in total. The fourth-order valence-electron chi connectivity index (χ4n) is 1.36. The van der Waals surface area contributed by atoms with Crippen molar-refractivity contribution in [1.82, 2.24) is 9.55 Å². The standard InChI is InChI=1S/C12H11N3O/c1-15-7-6-14-12(15)9-16-11-5-3-2-4-10(11)8-13/h2-7H,9H2,1H3. The first-order valence-corrected chi connectivity index (χ1v) is 4.89. The maximum absolute atomic E-state index is 8.88. The van der Waals surface area contributed by atoms with Crippen LogP contribution < -0.4 is 4.74 Å². The maximum atomic E-state index is 8.88. The second-order valence-electron chi connectivity index (χ2n) is 3.35. The van der Waals surface area contributed by atoms with Gasteiger partial charge in [0.2, 0.25) is 0 Å². The summed E-state index contributed by atoms with van der Waals surface area (Å²) in [6.07, 6.45) is 3.57. The third-order valence-corrected chi connectivity index (χ3v) is 2.29. The fourth-order valence-corrected chi connectivity index (χ4v) is 1.36. The van der Waals surface area contributed by atoms with E-state index < -0.39 is 0 Å². The molecule has 0 bridgehead atoms. The minimum atomic E-state index is 0.363. The molecule has 0 saturated heterocycles. The molecule has 0 aliphatic rings. The van der Waals surface area contributed by atoms with Crippen LogP contribution in [-0.2, 0) is 13.7 Å². The summed E-state index contributed by atoms with van der Waals surface area (Å²) in [6, 6.07) is 9.25. The van der Waals surface area contributed by atoms with Gasteiger partial charge in [0.05, 0.1) is 5.56 Å². The Labute approximate surface area is 93.7 Å². The topological polar surface area (TPSA) is 50.8 Å². The maximum Gasteiger partial charge on any atom is 0.146 e. The fraction of sp³-hybridized carbons (Fsp3) is 0.167. The third-order valence-electron chi connectivity index (χ3n) is 2.29. The van der Waals surface area contributed by atoms with Gasteiger partial charge in [0.1, 0.15) is 24.3 Å². The molecule has 0 aliphatic heterocycles. The molecule has 1 aromatic heterocycles. The van der Waals surface area contributed by atoms with Gasteiger partial charge in [0.15, 0.2) is 0 Å². The summed E-state index contributed by atoms with van der Waals surface area (Å²) >= 11 is 0. The zero-order valence-electron chi connectivity index (χ0n) is 8.92. The van der Waals surface area contributed by atoms with Gasteiger partial charge in [-0.25, -0.2) is 4.98 Å². The lowest BCUT2D eigenvalue weighted by atomic mass is 10.2. The normalized spacial score (nSPS) is 9.75. The average molecular weight is 213 g/mol. The predicted molar refractivity (Wildman–Crippen MR) is 58.7 cm³/mol. The second-order valence-corrected chi connectivity index (χ2v) is 3.35. The van der Waals surface area contributed by atoms with E-state index in [2.05, 4.69) is 11.1 Å². The highest BCUT2D eigenvalue weighted by molar-refractivity contribution is 5.42. The summed E-state index contributed by atoms with van der Waals surface area (Å²) < 4.78 is 7.43. The molecule has 4 heteroatoms. The van der Waals surface area contributed by atoms with E-state index in [4.69, 9.17) is 10.00 Å². The molecule has 0 saturated carbocycles. The molecule has 0 fully saturated rings. The van der Waals surface area contributed by atoms with Gasteiger partial charge in [-0.3, -0.25) is 0 Å². The van der Waals surface area contributed by atoms with Gasteiger partial charge in [0.25, 0.3) is 0 Å². The van der Waals surface area contributed by atoms with E-state index in [1.54, 1.807) is 18.3 Å². The number of hydrogen-bond donors (Lipinski definition) is 0. The van der Waals surface area contributed by atoms with Gasteiger partial charge in [0, 0.05) is 19.4 Å². The molecule has 1 heterocycles. The van der Waals surface area contributed by atoms with Gasteiger partial charge >= 0.3 is 0 Å². The molecule has 2 aromatic rings. The summed E-state index contributed by atoms with van der Waals surface area (Å²) in [6.45, 7) is 0.363. The third kappa shape index (κ3) is 2.04. The van der Waals surface area contributed by atoms with E-state index in [0.29, 0.717) is 17.9 Å². The largest absolute Gasteiger partial charge is 0.484 e. The van der Waals surface area contributed by atoms with Gasteiger partial charge < -0.3 is 9.30 Å². The molecular formula is C12H11N3O. The van der Waals surface area contributed by atoms with Crippen molar-refractivity contribution >= 4 is 0 Å². The van der Waals surface area contributed by atoms with Crippen molar-refractivity contribution in [1.29, 1.82) is 5.26 Å². The number of rotatable bonds is 3. The number of nitrogens with zero attached hydrogens (tertiary/aromatic N) is 3. The van der Waals surface area contributed by atoms with Crippen LogP contribution in [0.25, 0.3) is 0 Å². The summed E-state index contributed by atoms with van der Waals surface area (Å²) in [7, 11) is 1.90. The van der Waals surface area contributed by atoms with Crippen LogP contribution in [-0.4, -0.2) is 9.55 Å². The number of ether oxygens (including phenoxy) is 1. The van der Waals surface area contributed by atoms with Gasteiger partial charge in [-0.1, -0.05) is 12.1 Å². The Morgan fingerprint density at radius 1 is 1.44 bits per heavy atom. The van der Waals surface area contributed by atoms with Crippen molar-refractivity contribution in [3.05, 3.63) is 48.0 Å². The summed E-state index contributed by atoms with van der Waals surface area (Å²) in [4.78, 5) is 4.14. The number of imidazole rings is 1. The molecule has 4 nitrogen and oxygen atoms in total. The van der Waals surface area contributed by atoms with Crippen LogP contribution in [0.3, 0.4) is 0 Å². The molecule has 16 heavy (non-hydrogen) atoms. The lowest BCUT2D eigenvalue weighted by Crippen LogP contribution is -2.03. The Morgan fingerprint density at radius 3 is 2.94 bits per heavy atom. The van der Waals surface area contributed by atoms with E-state index in [1.165, 1.54) is 0 Å². The molecule has 0 aliphatic carbocycles. The molecular weight excluding hydrogens is 202 g/mol. The first-order valence-electron chi connectivity index (χ1n) is 4.89. The second kappa shape index (κ2) is 4.49. The van der Waals surface area contributed by atoms with Crippen LogP contribution in [0.1, 0.15) is 11.4 Å². The average Bonchev–Trinajstić information content (AvgIpc) is 2.72. The molecule has 0 atom stereocenters. The first-order chi connectivity index (χ1) is 7.81. The lowest BCUT2D eigenvalue weighted by molar-refractivity contribution is 0.291. The molecule has 0 amide bonds. The van der Waals surface area contributed by atoms with Gasteiger partial charge in [-0.15, -0.1) is 0 Å². The zero-order chi connectivity index (χ0) is 11.4. The minimum absolute atomic E-state index is 0.363. The minimum Gasteiger partial charge on any atom is -0.484 e. The number of aromatic nitrogens is 2. The van der Waals surface area contributed by atoms with Gasteiger partial charge in [-0.05, 0) is 12.1 Å². The number of nitriles is 1. The lowest BCUT2D eigenvalue weighted by Gasteiger charge is -2.07. The van der Waals surface area contributed by atoms with Crippen molar-refractivity contribution < 1.29 is 4.74 Å². The molecule has 0 spiro atoms. The van der Waals surface area contributed by atoms with E-state index in [1.807, 2.05) is 29.9 Å². The van der Waals surface area contributed by atoms with Crippen LogP contribution in [0.5, 0.6) is 5.75 Å². The Hall–Kier alpha value is -2.28. The Morgan fingerprint density at radius 2 is 2.25 bits per heavy atom. The molecule has 2 rings (SSSR count). The summed E-state index contributed by atoms with van der Waals surface area (Å²) in [5.41, 5.74) is 0.539. The summed E-state index contributed by atoms with van der Waals surface area (Å²) in [5.74, 6) is 1.42. The van der Waals surface area contributed by atoms with Crippen LogP contribution in [0.4, 0.5) is 0 Å². The zero-order valence-corrected chi connectivity index (χ0v) is 8.92. The van der Waals surface area contributed by atoms with Crippen LogP contribution in [0, 0.1) is 11.3 Å². The molecule has 1 aromatic carbocycles. The molecule has 0 unspecified atom stereocenters. The monoisotopic (exact) mass is 213 g/mol. The van der Waals surface area contributed by atoms with E-state index in [0.717, 1.165) is 5.82 Å². The smallest absolute Gasteiger partial charge is 0.146 e. The number of para-hydroxylation sites is 1. The number of aryl methyl sites for hydroxylation is 1. The number of hydrogen-bond acceptors (Lipinski definition) is 3. The van der Waals surface area contributed by atoms with Crippen LogP contribution in [0.15, 0.2) is 36.7 Å². The van der Waals surface area contributed by atoms with Gasteiger partial charge in [-0.2, -0.15) is 5.26 Å². The first kappa shape index (κ1) is 10.2. The van der Waals surface area contributed by atoms with E-state index >= 15 is 0 Å². The number of benzene rings is 1. The van der Waals surface area contributed by atoms with Crippen LogP contribution >= 0.6 is 0 Å². The van der Waals surface area contributed by atoms with E-state index in [-0.39, 0.29) is 0 Å². The highest BCUT2D eigenvalue weighted by Gasteiger charge is 2.04. The molecule has 0 radical (unpaired) electrons. The van der Waals surface area contributed by atoms with Crippen LogP contribution in [0.2, 0.25) is 0 Å². The summed E-state index contributed by atoms with van der Waals surface area (Å²) in [5, 5.41) is 8.88. The van der Waals surface area contributed by atoms with Crippen molar-refractivity contribution in [3.8, 4) is 11.8 Å². The van der Waals surface area contributed by atoms with E-state index in [9.17, 15) is 0 Å². The highest BCUT2D eigenvalue weighted by atomic mass is 16.5. The highest BCUT2D eigenvalue weighted by Crippen LogP contribution is 2.17.